The monoisotopic (exact) mass is 441 g/mol. The zero-order chi connectivity index (χ0) is 22.5. The van der Waals surface area contributed by atoms with Gasteiger partial charge >= 0.3 is 17.3 Å². The van der Waals surface area contributed by atoms with Crippen LogP contribution in [0.5, 0.6) is 0 Å². The Morgan fingerprint density at radius 2 is 1.81 bits per heavy atom. The van der Waals surface area contributed by atoms with Gasteiger partial charge in [0.1, 0.15) is 5.82 Å². The molecule has 31 heavy (non-hydrogen) atoms. The first kappa shape index (κ1) is 22.5. The van der Waals surface area contributed by atoms with Crippen LogP contribution in [0.3, 0.4) is 0 Å². The number of aromatic nitrogens is 3. The lowest BCUT2D eigenvalue weighted by Crippen LogP contribution is -2.45. The van der Waals surface area contributed by atoms with E-state index in [2.05, 4.69) is 4.98 Å². The van der Waals surface area contributed by atoms with Gasteiger partial charge in [-0.3, -0.25) is 9.36 Å². The third-order valence-corrected chi connectivity index (χ3v) is 5.24. The van der Waals surface area contributed by atoms with E-state index in [0.717, 1.165) is 21.3 Å². The topological polar surface area (TPSA) is 83.2 Å². The van der Waals surface area contributed by atoms with Crippen molar-refractivity contribution in [2.24, 2.45) is 5.92 Å². The zero-order valence-electron chi connectivity index (χ0n) is 17.7. The van der Waals surface area contributed by atoms with Gasteiger partial charge in [-0.15, -0.1) is 0 Å². The molecule has 0 spiro atoms. The van der Waals surface area contributed by atoms with Gasteiger partial charge in [-0.25, -0.2) is 14.2 Å². The molecule has 0 bridgehead atoms. The summed E-state index contributed by atoms with van der Waals surface area (Å²) in [6.07, 6.45) is 0.327. The van der Waals surface area contributed by atoms with Crippen molar-refractivity contribution in [3.8, 4) is 0 Å². The minimum absolute atomic E-state index is 0.108. The fourth-order valence-corrected chi connectivity index (χ4v) is 3.47. The van der Waals surface area contributed by atoms with Crippen LogP contribution in [0.15, 0.2) is 58.1 Å². The Morgan fingerprint density at radius 3 is 2.45 bits per heavy atom. The molecule has 0 saturated heterocycles. The van der Waals surface area contributed by atoms with Gasteiger partial charge in [-0.1, -0.05) is 60.5 Å². The zero-order valence-corrected chi connectivity index (χ0v) is 18.4. The van der Waals surface area contributed by atoms with Crippen molar-refractivity contribution < 1.29 is 9.53 Å². The van der Waals surface area contributed by atoms with E-state index in [0.29, 0.717) is 17.3 Å². The van der Waals surface area contributed by atoms with Crippen LogP contribution < -0.4 is 11.4 Å². The Kier molecular flexibility index (Phi) is 7.07. The van der Waals surface area contributed by atoms with Crippen LogP contribution >= 0.6 is 11.6 Å². The number of rotatable bonds is 7. The van der Waals surface area contributed by atoms with E-state index in [1.54, 1.807) is 19.1 Å². The van der Waals surface area contributed by atoms with E-state index in [9.17, 15) is 14.4 Å². The number of methoxy groups -OCH3 is 1. The number of halogens is 1. The second-order valence-corrected chi connectivity index (χ2v) is 7.94. The van der Waals surface area contributed by atoms with Crippen molar-refractivity contribution in [3.05, 3.63) is 97.0 Å². The Labute approximate surface area is 184 Å². The molecule has 1 unspecified atom stereocenters. The van der Waals surface area contributed by atoms with Gasteiger partial charge in [0.05, 0.1) is 19.6 Å². The number of nitrogens with zero attached hydrogens (tertiary/aromatic N) is 3. The van der Waals surface area contributed by atoms with Crippen LogP contribution in [0.25, 0.3) is 0 Å². The second-order valence-electron chi connectivity index (χ2n) is 7.51. The fraction of sp³-hybridized carbons (Fsp3) is 0.304. The van der Waals surface area contributed by atoms with Crippen LogP contribution in [-0.4, -0.2) is 27.2 Å². The number of aryl methyl sites for hydroxylation is 1. The Bertz CT molecular complexity index is 1200. The van der Waals surface area contributed by atoms with Crippen molar-refractivity contribution in [1.29, 1.82) is 0 Å². The summed E-state index contributed by atoms with van der Waals surface area (Å²) in [5, 5.41) is 0.589. The molecule has 0 saturated carbocycles. The van der Waals surface area contributed by atoms with Crippen LogP contribution in [-0.2, 0) is 29.0 Å². The molecular formula is C23H24ClN3O4. The molecule has 1 aromatic heterocycles. The number of carbonyl (C=O) groups excluding carboxylic acids is 1. The van der Waals surface area contributed by atoms with Crippen molar-refractivity contribution in [2.45, 2.75) is 33.4 Å². The lowest BCUT2D eigenvalue weighted by molar-refractivity contribution is -0.145. The number of hydrogen-bond donors (Lipinski definition) is 0. The van der Waals surface area contributed by atoms with Crippen LogP contribution in [0.1, 0.15) is 29.4 Å². The average molecular weight is 442 g/mol. The number of esters is 1. The van der Waals surface area contributed by atoms with E-state index in [1.165, 1.54) is 11.7 Å². The van der Waals surface area contributed by atoms with Gasteiger partial charge in [0.25, 0.3) is 0 Å². The quantitative estimate of drug-likeness (QED) is 0.526. The first-order valence-corrected chi connectivity index (χ1v) is 10.2. The molecule has 7 nitrogen and oxygen atoms in total. The molecule has 8 heteroatoms. The predicted molar refractivity (Wildman–Crippen MR) is 118 cm³/mol. The Balaban J connectivity index is 2.08. The van der Waals surface area contributed by atoms with Gasteiger partial charge < -0.3 is 4.74 Å². The molecule has 0 amide bonds. The maximum absolute atomic E-state index is 13.3. The molecule has 0 N–H and O–H groups in total. The summed E-state index contributed by atoms with van der Waals surface area (Å²) in [6, 6.07) is 14.9. The standard InChI is InChI=1S/C23H24ClN3O4/c1-15-5-4-6-18(11-15)12-20-25-22(29)27(13-16(2)21(28)31-3)23(30)26(20)14-17-7-9-19(24)10-8-17/h4-11,16H,12-14H2,1-3H3. The molecule has 0 fully saturated rings. The minimum Gasteiger partial charge on any atom is -0.469 e. The number of benzene rings is 2. The first-order chi connectivity index (χ1) is 14.8. The molecule has 1 heterocycles. The lowest BCUT2D eigenvalue weighted by atomic mass is 10.1. The third kappa shape index (κ3) is 5.49. The lowest BCUT2D eigenvalue weighted by Gasteiger charge is -2.16. The third-order valence-electron chi connectivity index (χ3n) is 4.99. The average Bonchev–Trinajstić information content (AvgIpc) is 2.74. The Hall–Kier alpha value is -3.19. The largest absolute Gasteiger partial charge is 0.469 e. The molecule has 0 aliphatic heterocycles. The summed E-state index contributed by atoms with van der Waals surface area (Å²) in [7, 11) is 1.27. The smallest absolute Gasteiger partial charge is 0.353 e. The molecule has 3 aromatic rings. The Morgan fingerprint density at radius 1 is 1.10 bits per heavy atom. The summed E-state index contributed by atoms with van der Waals surface area (Å²) in [5.41, 5.74) is 1.65. The summed E-state index contributed by atoms with van der Waals surface area (Å²) in [5.74, 6) is -0.805. The predicted octanol–water partition coefficient (Wildman–Crippen LogP) is 2.82. The number of ether oxygens (including phenoxy) is 1. The van der Waals surface area contributed by atoms with E-state index >= 15 is 0 Å². The molecular weight excluding hydrogens is 418 g/mol. The summed E-state index contributed by atoms with van der Waals surface area (Å²) in [6.45, 7) is 3.69. The van der Waals surface area contributed by atoms with E-state index in [4.69, 9.17) is 16.3 Å². The van der Waals surface area contributed by atoms with Crippen LogP contribution in [0.2, 0.25) is 5.02 Å². The number of carbonyl (C=O) groups is 1. The normalized spacial score (nSPS) is 11.9. The van der Waals surface area contributed by atoms with Gasteiger partial charge in [0.15, 0.2) is 0 Å². The molecule has 1 atom stereocenters. The highest BCUT2D eigenvalue weighted by Gasteiger charge is 2.20. The molecule has 0 aliphatic rings. The fourth-order valence-electron chi connectivity index (χ4n) is 3.35. The highest BCUT2D eigenvalue weighted by atomic mass is 35.5. The minimum atomic E-state index is -0.684. The maximum Gasteiger partial charge on any atom is 0.353 e. The van der Waals surface area contributed by atoms with E-state index in [1.807, 2.05) is 43.3 Å². The van der Waals surface area contributed by atoms with Crippen LogP contribution in [0, 0.1) is 12.8 Å². The van der Waals surface area contributed by atoms with Gasteiger partial charge in [-0.05, 0) is 30.2 Å². The van der Waals surface area contributed by atoms with Crippen molar-refractivity contribution in [3.63, 3.8) is 0 Å². The van der Waals surface area contributed by atoms with E-state index in [-0.39, 0.29) is 13.1 Å². The SMILES string of the molecule is COC(=O)C(C)Cn1c(=O)nc(Cc2cccc(C)c2)n(Cc2ccc(Cl)cc2)c1=O. The highest BCUT2D eigenvalue weighted by molar-refractivity contribution is 6.30. The molecule has 162 valence electrons. The van der Waals surface area contributed by atoms with Gasteiger partial charge in [-0.2, -0.15) is 4.98 Å². The van der Waals surface area contributed by atoms with E-state index < -0.39 is 23.3 Å². The molecule has 3 rings (SSSR count). The first-order valence-electron chi connectivity index (χ1n) is 9.87. The summed E-state index contributed by atoms with van der Waals surface area (Å²) in [4.78, 5) is 42.0. The second kappa shape index (κ2) is 9.75. The molecule has 0 aliphatic carbocycles. The summed E-state index contributed by atoms with van der Waals surface area (Å²) < 4.78 is 7.17. The van der Waals surface area contributed by atoms with Crippen LogP contribution in [0.4, 0.5) is 0 Å². The van der Waals surface area contributed by atoms with Gasteiger partial charge in [0.2, 0.25) is 0 Å². The maximum atomic E-state index is 13.3. The summed E-state index contributed by atoms with van der Waals surface area (Å²) >= 11 is 5.98. The van der Waals surface area contributed by atoms with Gasteiger partial charge in [0, 0.05) is 18.0 Å². The molecule has 0 radical (unpaired) electrons. The van der Waals surface area contributed by atoms with Crippen molar-refractivity contribution in [1.82, 2.24) is 14.1 Å². The molecule has 2 aromatic carbocycles. The van der Waals surface area contributed by atoms with Crippen molar-refractivity contribution >= 4 is 17.6 Å². The number of hydrogen-bond acceptors (Lipinski definition) is 5. The highest BCUT2D eigenvalue weighted by Crippen LogP contribution is 2.13. The van der Waals surface area contributed by atoms with Crippen molar-refractivity contribution in [2.75, 3.05) is 7.11 Å².